The number of aryl methyl sites for hydroxylation is 1. The summed E-state index contributed by atoms with van der Waals surface area (Å²) < 4.78 is 5.24. The Hall–Kier alpha value is -3.59. The molecule has 0 aliphatic rings. The zero-order chi connectivity index (χ0) is 23.5. The molecule has 9 nitrogen and oxygen atoms in total. The van der Waals surface area contributed by atoms with Crippen LogP contribution in [0.3, 0.4) is 0 Å². The first kappa shape index (κ1) is 24.1. The van der Waals surface area contributed by atoms with Crippen LogP contribution < -0.4 is 21.3 Å². The van der Waals surface area contributed by atoms with Gasteiger partial charge in [0.05, 0.1) is 6.26 Å². The quantitative estimate of drug-likeness (QED) is 0.300. The number of carbonyl (C=O) groups is 2. The summed E-state index contributed by atoms with van der Waals surface area (Å²) in [5.74, 6) is 2.42. The van der Waals surface area contributed by atoms with E-state index in [1.807, 2.05) is 18.2 Å². The second-order valence-electron chi connectivity index (χ2n) is 7.23. The Kier molecular flexibility index (Phi) is 9.08. The molecule has 2 amide bonds. The van der Waals surface area contributed by atoms with Gasteiger partial charge in [0.2, 0.25) is 11.8 Å². The fourth-order valence-electron chi connectivity index (χ4n) is 2.96. The van der Waals surface area contributed by atoms with Crippen molar-refractivity contribution in [2.24, 2.45) is 0 Å². The third-order valence-electron chi connectivity index (χ3n) is 4.57. The summed E-state index contributed by atoms with van der Waals surface area (Å²) in [4.78, 5) is 32.2. The van der Waals surface area contributed by atoms with Crippen molar-refractivity contribution in [1.82, 2.24) is 20.6 Å². The fraction of sp³-hybridized carbons (Fsp3) is 0.304. The number of carbonyl (C=O) groups excluding carboxylic acids is 2. The van der Waals surface area contributed by atoms with Crippen molar-refractivity contribution < 1.29 is 14.0 Å². The number of rotatable bonds is 12. The lowest BCUT2D eigenvalue weighted by molar-refractivity contribution is -0.121. The molecule has 33 heavy (non-hydrogen) atoms. The van der Waals surface area contributed by atoms with Gasteiger partial charge in [-0.1, -0.05) is 11.6 Å². The van der Waals surface area contributed by atoms with Crippen molar-refractivity contribution in [2.75, 3.05) is 36.8 Å². The van der Waals surface area contributed by atoms with Crippen LogP contribution in [0.25, 0.3) is 11.4 Å². The molecule has 1 aromatic carbocycles. The monoisotopic (exact) mass is 470 g/mol. The highest BCUT2D eigenvalue weighted by molar-refractivity contribution is 6.30. The first-order chi connectivity index (χ1) is 16.0. The van der Waals surface area contributed by atoms with Crippen molar-refractivity contribution in [2.45, 2.75) is 19.8 Å². The van der Waals surface area contributed by atoms with Crippen LogP contribution in [0, 0.1) is 0 Å². The minimum absolute atomic E-state index is 0.0435. The van der Waals surface area contributed by atoms with Crippen LogP contribution in [0.5, 0.6) is 0 Å². The van der Waals surface area contributed by atoms with Crippen molar-refractivity contribution in [3.8, 4) is 11.4 Å². The number of benzene rings is 1. The van der Waals surface area contributed by atoms with Crippen molar-refractivity contribution in [3.05, 3.63) is 59.5 Å². The van der Waals surface area contributed by atoms with Gasteiger partial charge in [0.25, 0.3) is 0 Å². The van der Waals surface area contributed by atoms with E-state index in [1.165, 1.54) is 6.92 Å². The Labute approximate surface area is 197 Å². The van der Waals surface area contributed by atoms with Crippen molar-refractivity contribution in [1.29, 1.82) is 0 Å². The molecule has 2 aromatic heterocycles. The van der Waals surface area contributed by atoms with Crippen LogP contribution in [0.1, 0.15) is 19.1 Å². The Bertz CT molecular complexity index is 1040. The third kappa shape index (κ3) is 8.46. The summed E-state index contributed by atoms with van der Waals surface area (Å²) in [6.45, 7) is 3.41. The van der Waals surface area contributed by atoms with E-state index in [9.17, 15) is 9.59 Å². The van der Waals surface area contributed by atoms with Crippen LogP contribution in [0.4, 0.5) is 11.6 Å². The number of anilines is 2. The van der Waals surface area contributed by atoms with Gasteiger partial charge in [-0.25, -0.2) is 9.97 Å². The Morgan fingerprint density at radius 2 is 1.61 bits per heavy atom. The zero-order valence-electron chi connectivity index (χ0n) is 18.4. The second-order valence-corrected chi connectivity index (χ2v) is 7.67. The van der Waals surface area contributed by atoms with E-state index >= 15 is 0 Å². The molecule has 174 valence electrons. The lowest BCUT2D eigenvalue weighted by Crippen LogP contribution is -2.29. The molecule has 0 unspecified atom stereocenters. The number of nitrogens with one attached hydrogen (secondary N) is 4. The maximum atomic E-state index is 12.0. The lowest BCUT2D eigenvalue weighted by Gasteiger charge is -2.12. The van der Waals surface area contributed by atoms with E-state index in [2.05, 4.69) is 31.2 Å². The summed E-state index contributed by atoms with van der Waals surface area (Å²) in [5, 5.41) is 12.7. The third-order valence-corrected chi connectivity index (χ3v) is 4.82. The predicted octanol–water partition coefficient (Wildman–Crippen LogP) is 3.10. The first-order valence-electron chi connectivity index (χ1n) is 10.7. The van der Waals surface area contributed by atoms with Gasteiger partial charge in [0.15, 0.2) is 5.82 Å². The fourth-order valence-corrected chi connectivity index (χ4v) is 3.08. The van der Waals surface area contributed by atoms with Crippen LogP contribution in [-0.2, 0) is 16.0 Å². The summed E-state index contributed by atoms with van der Waals surface area (Å²) in [6.07, 6.45) is 2.53. The average molecular weight is 471 g/mol. The molecule has 3 aromatic rings. The van der Waals surface area contributed by atoms with Gasteiger partial charge in [-0.3, -0.25) is 9.59 Å². The topological polar surface area (TPSA) is 121 Å². The van der Waals surface area contributed by atoms with Crippen LogP contribution in [-0.4, -0.2) is 48.0 Å². The molecule has 3 rings (SSSR count). The van der Waals surface area contributed by atoms with E-state index in [-0.39, 0.29) is 11.8 Å². The number of nitrogens with zero attached hydrogens (tertiary/aromatic N) is 2. The number of hydrogen-bond acceptors (Lipinski definition) is 7. The molecule has 0 saturated carbocycles. The minimum Gasteiger partial charge on any atom is -0.469 e. The molecular formula is C23H27ClN6O3. The molecule has 0 atom stereocenters. The standard InChI is InChI=1S/C23H27ClN6O3/c1-16(31)25-10-11-26-20-15-21(30-23(29-20)17-4-6-18(24)7-5-17)27-12-13-28-22(32)9-8-19-3-2-14-33-19/h2-7,14-15H,8-13H2,1H3,(H,25,31)(H,28,32)(H2,26,27,29,30). The second kappa shape index (κ2) is 12.4. The van der Waals surface area contributed by atoms with Gasteiger partial charge in [0, 0.05) is 62.6 Å². The van der Waals surface area contributed by atoms with Crippen LogP contribution in [0.15, 0.2) is 53.1 Å². The average Bonchev–Trinajstić information content (AvgIpc) is 3.32. The highest BCUT2D eigenvalue weighted by Crippen LogP contribution is 2.22. The largest absolute Gasteiger partial charge is 0.469 e. The first-order valence-corrected chi connectivity index (χ1v) is 11.0. The highest BCUT2D eigenvalue weighted by Gasteiger charge is 2.08. The number of amides is 2. The maximum absolute atomic E-state index is 12.0. The predicted molar refractivity (Wildman–Crippen MR) is 128 cm³/mol. The Morgan fingerprint density at radius 1 is 0.939 bits per heavy atom. The van der Waals surface area contributed by atoms with Crippen LogP contribution in [0.2, 0.25) is 5.02 Å². The lowest BCUT2D eigenvalue weighted by atomic mass is 10.2. The van der Waals surface area contributed by atoms with E-state index in [1.54, 1.807) is 30.5 Å². The zero-order valence-corrected chi connectivity index (χ0v) is 19.1. The number of furan rings is 1. The number of halogens is 1. The van der Waals surface area contributed by atoms with Gasteiger partial charge < -0.3 is 25.7 Å². The van der Waals surface area contributed by atoms with Gasteiger partial charge in [-0.15, -0.1) is 0 Å². The molecule has 0 radical (unpaired) electrons. The van der Waals surface area contributed by atoms with Gasteiger partial charge >= 0.3 is 0 Å². The maximum Gasteiger partial charge on any atom is 0.220 e. The SMILES string of the molecule is CC(=O)NCCNc1cc(NCCNC(=O)CCc2ccco2)nc(-c2ccc(Cl)cc2)n1. The molecule has 0 aliphatic carbocycles. The van der Waals surface area contributed by atoms with Crippen LogP contribution >= 0.6 is 11.6 Å². The molecule has 0 saturated heterocycles. The molecule has 10 heteroatoms. The molecule has 4 N–H and O–H groups in total. The summed E-state index contributed by atoms with van der Waals surface area (Å²) in [5.41, 5.74) is 0.819. The minimum atomic E-state index is -0.0881. The Morgan fingerprint density at radius 3 is 2.21 bits per heavy atom. The molecule has 0 aliphatic heterocycles. The molecular weight excluding hydrogens is 444 g/mol. The highest BCUT2D eigenvalue weighted by atomic mass is 35.5. The van der Waals surface area contributed by atoms with E-state index in [0.717, 1.165) is 11.3 Å². The van der Waals surface area contributed by atoms with Crippen molar-refractivity contribution >= 4 is 35.1 Å². The molecule has 0 spiro atoms. The van der Waals surface area contributed by atoms with E-state index in [0.29, 0.717) is 61.5 Å². The number of hydrogen-bond donors (Lipinski definition) is 4. The smallest absolute Gasteiger partial charge is 0.220 e. The van der Waals surface area contributed by atoms with Gasteiger partial charge in [0.1, 0.15) is 17.4 Å². The molecule has 2 heterocycles. The summed E-state index contributed by atoms with van der Waals surface area (Å²) in [6, 6.07) is 12.7. The normalized spacial score (nSPS) is 10.5. The van der Waals surface area contributed by atoms with E-state index < -0.39 is 0 Å². The summed E-state index contributed by atoms with van der Waals surface area (Å²) in [7, 11) is 0. The number of aromatic nitrogens is 2. The molecule has 0 fully saturated rings. The van der Waals surface area contributed by atoms with Crippen molar-refractivity contribution in [3.63, 3.8) is 0 Å². The van der Waals surface area contributed by atoms with Gasteiger partial charge in [-0.05, 0) is 36.4 Å². The Balaban J connectivity index is 1.56. The van der Waals surface area contributed by atoms with Gasteiger partial charge in [-0.2, -0.15) is 0 Å². The molecule has 0 bridgehead atoms. The summed E-state index contributed by atoms with van der Waals surface area (Å²) >= 11 is 5.99. The van der Waals surface area contributed by atoms with E-state index in [4.69, 9.17) is 16.0 Å².